The molecule has 0 radical (unpaired) electrons. The summed E-state index contributed by atoms with van der Waals surface area (Å²) in [6, 6.07) is 7.84. The van der Waals surface area contributed by atoms with Crippen LogP contribution in [-0.4, -0.2) is 29.5 Å². The first-order valence-corrected chi connectivity index (χ1v) is 10.8. The fourth-order valence-corrected chi connectivity index (χ4v) is 5.66. The van der Waals surface area contributed by atoms with Gasteiger partial charge in [0.25, 0.3) is 5.56 Å². The predicted molar refractivity (Wildman–Crippen MR) is 99.1 cm³/mol. The first-order valence-electron chi connectivity index (χ1n) is 6.94. The Morgan fingerprint density at radius 2 is 1.96 bits per heavy atom. The number of thioether (sulfide) groups is 1. The summed E-state index contributed by atoms with van der Waals surface area (Å²) in [5, 5.41) is 3.41. The van der Waals surface area contributed by atoms with Crippen molar-refractivity contribution in [1.29, 1.82) is 0 Å². The van der Waals surface area contributed by atoms with Crippen molar-refractivity contribution in [2.24, 2.45) is 7.05 Å². The van der Waals surface area contributed by atoms with Gasteiger partial charge in [-0.05, 0) is 35.7 Å². The molecule has 0 aliphatic carbocycles. The highest BCUT2D eigenvalue weighted by molar-refractivity contribution is 8.00. The van der Waals surface area contributed by atoms with Gasteiger partial charge in [0.05, 0.1) is 16.0 Å². The van der Waals surface area contributed by atoms with Crippen LogP contribution in [0.15, 0.2) is 50.6 Å². The van der Waals surface area contributed by atoms with Crippen molar-refractivity contribution in [3.8, 4) is 0 Å². The van der Waals surface area contributed by atoms with Crippen molar-refractivity contribution in [2.45, 2.75) is 10.1 Å². The standard InChI is InChI=1S/C15H13ClN2O3S3/c1-18-14(19)12-6-7-22-13(12)17-15(18)23-8-9-24(20,21)11-4-2-10(16)3-5-11/h2-7H,8-9H2,1H3. The highest BCUT2D eigenvalue weighted by Crippen LogP contribution is 2.22. The van der Waals surface area contributed by atoms with Gasteiger partial charge in [-0.1, -0.05) is 23.4 Å². The number of benzene rings is 1. The zero-order valence-electron chi connectivity index (χ0n) is 12.6. The topological polar surface area (TPSA) is 69.0 Å². The van der Waals surface area contributed by atoms with E-state index in [2.05, 4.69) is 4.98 Å². The Hall–Kier alpha value is -1.35. The lowest BCUT2D eigenvalue weighted by molar-refractivity contribution is 0.597. The Bertz CT molecular complexity index is 1040. The van der Waals surface area contributed by atoms with Crippen molar-refractivity contribution in [2.75, 3.05) is 11.5 Å². The molecule has 0 aliphatic rings. The number of halogens is 1. The van der Waals surface area contributed by atoms with E-state index in [4.69, 9.17) is 11.6 Å². The monoisotopic (exact) mass is 400 g/mol. The quantitative estimate of drug-likeness (QED) is 0.486. The summed E-state index contributed by atoms with van der Waals surface area (Å²) in [5.41, 5.74) is -0.121. The Balaban J connectivity index is 1.75. The van der Waals surface area contributed by atoms with Gasteiger partial charge in [-0.25, -0.2) is 13.4 Å². The van der Waals surface area contributed by atoms with Gasteiger partial charge >= 0.3 is 0 Å². The highest BCUT2D eigenvalue weighted by Gasteiger charge is 2.16. The Kier molecular flexibility index (Phi) is 5.00. The number of hydrogen-bond acceptors (Lipinski definition) is 6. The van der Waals surface area contributed by atoms with E-state index in [1.165, 1.54) is 39.8 Å². The van der Waals surface area contributed by atoms with Gasteiger partial charge in [0.15, 0.2) is 15.0 Å². The first-order chi connectivity index (χ1) is 11.4. The van der Waals surface area contributed by atoms with Crippen LogP contribution in [0.4, 0.5) is 0 Å². The minimum Gasteiger partial charge on any atom is -0.290 e. The fourth-order valence-electron chi connectivity index (χ4n) is 2.11. The maximum Gasteiger partial charge on any atom is 0.262 e. The summed E-state index contributed by atoms with van der Waals surface area (Å²) in [7, 11) is -1.75. The molecule has 5 nitrogen and oxygen atoms in total. The van der Waals surface area contributed by atoms with Gasteiger partial charge in [-0.2, -0.15) is 0 Å². The lowest BCUT2D eigenvalue weighted by Gasteiger charge is -2.07. The molecule has 0 saturated heterocycles. The number of nitrogens with zero attached hydrogens (tertiary/aromatic N) is 2. The molecule has 0 bridgehead atoms. The van der Waals surface area contributed by atoms with Crippen LogP contribution < -0.4 is 5.56 Å². The zero-order valence-corrected chi connectivity index (χ0v) is 15.8. The third-order valence-electron chi connectivity index (χ3n) is 3.42. The van der Waals surface area contributed by atoms with Crippen LogP contribution in [0.3, 0.4) is 0 Å². The molecule has 0 aliphatic heterocycles. The summed E-state index contributed by atoms with van der Waals surface area (Å²) in [4.78, 5) is 17.5. The molecule has 0 unspecified atom stereocenters. The van der Waals surface area contributed by atoms with Crippen LogP contribution in [0.2, 0.25) is 5.02 Å². The predicted octanol–water partition coefficient (Wildman–Crippen LogP) is 3.21. The second-order valence-electron chi connectivity index (χ2n) is 5.02. The highest BCUT2D eigenvalue weighted by atomic mass is 35.5. The van der Waals surface area contributed by atoms with Gasteiger partial charge in [0, 0.05) is 17.8 Å². The number of sulfone groups is 1. The Morgan fingerprint density at radius 3 is 2.67 bits per heavy atom. The van der Waals surface area contributed by atoms with Crippen molar-refractivity contribution >= 4 is 54.8 Å². The largest absolute Gasteiger partial charge is 0.290 e. The molecule has 0 amide bonds. The zero-order chi connectivity index (χ0) is 17.3. The molecular weight excluding hydrogens is 388 g/mol. The number of aromatic nitrogens is 2. The van der Waals surface area contributed by atoms with Crippen molar-refractivity contribution in [3.05, 3.63) is 51.1 Å². The van der Waals surface area contributed by atoms with E-state index in [1.807, 2.05) is 5.38 Å². The summed E-state index contributed by atoms with van der Waals surface area (Å²) in [5.74, 6) is 0.264. The maximum absolute atomic E-state index is 12.3. The van der Waals surface area contributed by atoms with Crippen LogP contribution in [0.5, 0.6) is 0 Å². The van der Waals surface area contributed by atoms with E-state index < -0.39 is 9.84 Å². The minimum absolute atomic E-state index is 0.0440. The van der Waals surface area contributed by atoms with Crippen molar-refractivity contribution in [3.63, 3.8) is 0 Å². The Morgan fingerprint density at radius 1 is 1.25 bits per heavy atom. The molecule has 2 aromatic heterocycles. The molecular formula is C15H13ClN2O3S3. The van der Waals surface area contributed by atoms with E-state index >= 15 is 0 Å². The average Bonchev–Trinajstić information content (AvgIpc) is 3.01. The molecule has 0 spiro atoms. The number of rotatable bonds is 5. The summed E-state index contributed by atoms with van der Waals surface area (Å²) in [6.45, 7) is 0. The van der Waals surface area contributed by atoms with E-state index in [1.54, 1.807) is 25.2 Å². The molecule has 1 aromatic carbocycles. The molecule has 9 heteroatoms. The van der Waals surface area contributed by atoms with Gasteiger partial charge in [-0.3, -0.25) is 9.36 Å². The first kappa shape index (κ1) is 17.5. The second-order valence-corrected chi connectivity index (χ2v) is 9.52. The maximum atomic E-state index is 12.3. The molecule has 0 N–H and O–H groups in total. The lowest BCUT2D eigenvalue weighted by atomic mass is 10.4. The van der Waals surface area contributed by atoms with Crippen molar-refractivity contribution in [1.82, 2.24) is 9.55 Å². The molecule has 3 aromatic rings. The van der Waals surface area contributed by atoms with Gasteiger partial charge in [0.2, 0.25) is 0 Å². The third-order valence-corrected chi connectivity index (χ3v) is 7.50. The van der Waals surface area contributed by atoms with Gasteiger partial charge < -0.3 is 0 Å². The van der Waals surface area contributed by atoms with E-state index in [0.717, 1.165) is 0 Å². The lowest BCUT2D eigenvalue weighted by Crippen LogP contribution is -2.19. The molecule has 3 rings (SSSR count). The SMILES string of the molecule is Cn1c(SCCS(=O)(=O)c2ccc(Cl)cc2)nc2sccc2c1=O. The Labute approximate surface area is 152 Å². The summed E-state index contributed by atoms with van der Waals surface area (Å²) < 4.78 is 26.1. The van der Waals surface area contributed by atoms with Gasteiger partial charge in [-0.15, -0.1) is 11.3 Å². The van der Waals surface area contributed by atoms with Crippen LogP contribution in [0.25, 0.3) is 10.2 Å². The number of thiophene rings is 1. The van der Waals surface area contributed by atoms with E-state index in [9.17, 15) is 13.2 Å². The molecule has 126 valence electrons. The van der Waals surface area contributed by atoms with Crippen LogP contribution >= 0.6 is 34.7 Å². The third kappa shape index (κ3) is 3.51. The fraction of sp³-hybridized carbons (Fsp3) is 0.200. The second kappa shape index (κ2) is 6.87. The van der Waals surface area contributed by atoms with Crippen LogP contribution in [0.1, 0.15) is 0 Å². The normalized spacial score (nSPS) is 11.9. The number of fused-ring (bicyclic) bond motifs is 1. The molecule has 2 heterocycles. The minimum atomic E-state index is -3.39. The van der Waals surface area contributed by atoms with E-state index in [-0.39, 0.29) is 16.2 Å². The van der Waals surface area contributed by atoms with Gasteiger partial charge in [0.1, 0.15) is 4.83 Å². The van der Waals surface area contributed by atoms with Crippen molar-refractivity contribution < 1.29 is 8.42 Å². The smallest absolute Gasteiger partial charge is 0.262 e. The van der Waals surface area contributed by atoms with Crippen LogP contribution in [-0.2, 0) is 16.9 Å². The van der Waals surface area contributed by atoms with E-state index in [0.29, 0.717) is 26.1 Å². The van der Waals surface area contributed by atoms with Crippen LogP contribution in [0, 0.1) is 0 Å². The summed E-state index contributed by atoms with van der Waals surface area (Å²) in [6.07, 6.45) is 0. The molecule has 0 atom stereocenters. The summed E-state index contributed by atoms with van der Waals surface area (Å²) >= 11 is 8.43. The molecule has 0 fully saturated rings. The molecule has 24 heavy (non-hydrogen) atoms. The molecule has 0 saturated carbocycles. The average molecular weight is 401 g/mol. The number of hydrogen-bond donors (Lipinski definition) is 0.